The van der Waals surface area contributed by atoms with E-state index in [9.17, 15) is 4.79 Å². The lowest BCUT2D eigenvalue weighted by Gasteiger charge is -2.07. The van der Waals surface area contributed by atoms with E-state index in [-0.39, 0.29) is 5.91 Å². The number of hydrogen-bond donors (Lipinski definition) is 1. The van der Waals surface area contributed by atoms with Crippen LogP contribution in [0.15, 0.2) is 41.3 Å². The lowest BCUT2D eigenvalue weighted by Crippen LogP contribution is -2.13. The molecule has 0 aliphatic carbocycles. The van der Waals surface area contributed by atoms with Crippen LogP contribution in [-0.4, -0.2) is 21.9 Å². The number of aryl methyl sites for hydroxylation is 1. The van der Waals surface area contributed by atoms with Gasteiger partial charge >= 0.3 is 0 Å². The predicted molar refractivity (Wildman–Crippen MR) is 93.0 cm³/mol. The summed E-state index contributed by atoms with van der Waals surface area (Å²) in [5.41, 5.74) is 0. The van der Waals surface area contributed by atoms with Crippen molar-refractivity contribution in [1.82, 2.24) is 10.2 Å². The lowest BCUT2D eigenvalue weighted by atomic mass is 10.1. The molecule has 2 aromatic carbocycles. The number of aromatic nitrogens is 2. The van der Waals surface area contributed by atoms with E-state index in [4.69, 9.17) is 11.6 Å². The fourth-order valence-electron chi connectivity index (χ4n) is 2.03. The second kappa shape index (κ2) is 6.64. The number of hydrogen-bond acceptors (Lipinski definition) is 5. The molecule has 3 rings (SSSR count). The second-order valence-corrected chi connectivity index (χ2v) is 7.16. The average Bonchev–Trinajstić information content (AvgIpc) is 2.90. The highest BCUT2D eigenvalue weighted by molar-refractivity contribution is 8.00. The molecule has 1 amide bonds. The molecular weight excluding hydrogens is 338 g/mol. The van der Waals surface area contributed by atoms with Crippen LogP contribution in [0.1, 0.15) is 5.01 Å². The van der Waals surface area contributed by atoms with Gasteiger partial charge in [0.2, 0.25) is 11.0 Å². The summed E-state index contributed by atoms with van der Waals surface area (Å²) in [6, 6.07) is 11.7. The van der Waals surface area contributed by atoms with Crippen molar-refractivity contribution < 1.29 is 4.79 Å². The third kappa shape index (κ3) is 3.40. The van der Waals surface area contributed by atoms with Crippen molar-refractivity contribution in [2.45, 2.75) is 11.8 Å². The fraction of sp³-hybridized carbons (Fsp3) is 0.133. The molecule has 1 heterocycles. The monoisotopic (exact) mass is 349 g/mol. The van der Waals surface area contributed by atoms with Crippen LogP contribution in [0.5, 0.6) is 0 Å². The van der Waals surface area contributed by atoms with Gasteiger partial charge in [0, 0.05) is 15.3 Å². The first-order valence-electron chi connectivity index (χ1n) is 6.53. The molecule has 3 aromatic rings. The van der Waals surface area contributed by atoms with Crippen LogP contribution in [0, 0.1) is 6.92 Å². The highest BCUT2D eigenvalue weighted by atomic mass is 35.5. The minimum Gasteiger partial charge on any atom is -0.300 e. The van der Waals surface area contributed by atoms with Gasteiger partial charge < -0.3 is 0 Å². The first-order valence-corrected chi connectivity index (χ1v) is 8.71. The van der Waals surface area contributed by atoms with Gasteiger partial charge in [-0.05, 0) is 24.4 Å². The zero-order valence-electron chi connectivity index (χ0n) is 11.7. The fourth-order valence-corrected chi connectivity index (χ4v) is 3.88. The summed E-state index contributed by atoms with van der Waals surface area (Å²) in [7, 11) is 0. The first kappa shape index (κ1) is 15.3. The first-order chi connectivity index (χ1) is 10.6. The number of amides is 1. The molecule has 7 heteroatoms. The Morgan fingerprint density at radius 2 is 2.05 bits per heavy atom. The van der Waals surface area contributed by atoms with Gasteiger partial charge in [0.25, 0.3) is 0 Å². The Hall–Kier alpha value is -1.63. The highest BCUT2D eigenvalue weighted by Crippen LogP contribution is 2.33. The van der Waals surface area contributed by atoms with Crippen molar-refractivity contribution in [3.05, 3.63) is 46.4 Å². The number of anilines is 1. The van der Waals surface area contributed by atoms with Gasteiger partial charge in [-0.2, -0.15) is 0 Å². The minimum absolute atomic E-state index is 0.106. The molecular formula is C15H12ClN3OS2. The molecule has 0 saturated heterocycles. The number of carbonyl (C=O) groups excluding carboxylic acids is 1. The van der Waals surface area contributed by atoms with Gasteiger partial charge in [0.15, 0.2) is 0 Å². The average molecular weight is 350 g/mol. The van der Waals surface area contributed by atoms with Crippen LogP contribution in [-0.2, 0) is 4.79 Å². The van der Waals surface area contributed by atoms with Crippen molar-refractivity contribution in [2.75, 3.05) is 11.1 Å². The van der Waals surface area contributed by atoms with E-state index in [1.165, 1.54) is 23.1 Å². The largest absolute Gasteiger partial charge is 0.300 e. The molecule has 112 valence electrons. The van der Waals surface area contributed by atoms with Gasteiger partial charge in [0.05, 0.1) is 5.75 Å². The number of nitrogens with zero attached hydrogens (tertiary/aromatic N) is 2. The van der Waals surface area contributed by atoms with Crippen molar-refractivity contribution in [2.24, 2.45) is 0 Å². The predicted octanol–water partition coefficient (Wildman–Crippen LogP) is 4.38. The van der Waals surface area contributed by atoms with E-state index >= 15 is 0 Å². The Kier molecular flexibility index (Phi) is 4.61. The number of carbonyl (C=O) groups is 1. The molecule has 0 aliphatic heterocycles. The maximum Gasteiger partial charge on any atom is 0.236 e. The molecule has 4 nitrogen and oxygen atoms in total. The number of halogens is 1. The number of thioether (sulfide) groups is 1. The highest BCUT2D eigenvalue weighted by Gasteiger charge is 2.10. The molecule has 0 aliphatic rings. The summed E-state index contributed by atoms with van der Waals surface area (Å²) in [6.45, 7) is 1.85. The normalized spacial score (nSPS) is 10.8. The molecule has 0 radical (unpaired) electrons. The van der Waals surface area contributed by atoms with Crippen LogP contribution in [0.25, 0.3) is 10.8 Å². The summed E-state index contributed by atoms with van der Waals surface area (Å²) in [5.74, 6) is 0.188. The zero-order valence-corrected chi connectivity index (χ0v) is 14.1. The molecule has 1 N–H and O–H groups in total. The second-order valence-electron chi connectivity index (χ2n) is 4.56. The summed E-state index contributed by atoms with van der Waals surface area (Å²) >= 11 is 9.10. The molecule has 0 fully saturated rings. The summed E-state index contributed by atoms with van der Waals surface area (Å²) < 4.78 is 0. The van der Waals surface area contributed by atoms with Crippen LogP contribution >= 0.6 is 34.7 Å². The maximum absolute atomic E-state index is 12.0. The summed E-state index contributed by atoms with van der Waals surface area (Å²) in [5, 5.41) is 14.6. The van der Waals surface area contributed by atoms with Gasteiger partial charge in [0.1, 0.15) is 5.01 Å². The Balaban J connectivity index is 1.72. The minimum atomic E-state index is -0.106. The molecule has 0 spiro atoms. The number of nitrogens with one attached hydrogen (secondary N) is 1. The van der Waals surface area contributed by atoms with Crippen molar-refractivity contribution in [1.29, 1.82) is 0 Å². The molecule has 0 atom stereocenters. The maximum atomic E-state index is 12.0. The lowest BCUT2D eigenvalue weighted by molar-refractivity contribution is -0.113. The number of fused-ring (bicyclic) bond motifs is 1. The van der Waals surface area contributed by atoms with E-state index in [0.717, 1.165) is 20.7 Å². The Morgan fingerprint density at radius 3 is 2.77 bits per heavy atom. The van der Waals surface area contributed by atoms with Gasteiger partial charge in [-0.25, -0.2) is 0 Å². The zero-order chi connectivity index (χ0) is 15.5. The summed E-state index contributed by atoms with van der Waals surface area (Å²) in [4.78, 5) is 13.0. The molecule has 0 unspecified atom stereocenters. The van der Waals surface area contributed by atoms with Gasteiger partial charge in [-0.15, -0.1) is 22.0 Å². The van der Waals surface area contributed by atoms with E-state index in [2.05, 4.69) is 15.5 Å². The van der Waals surface area contributed by atoms with E-state index < -0.39 is 0 Å². The van der Waals surface area contributed by atoms with Gasteiger partial charge in [-0.1, -0.05) is 47.2 Å². The molecule has 1 aromatic heterocycles. The molecule has 0 bridgehead atoms. The smallest absolute Gasteiger partial charge is 0.236 e. The topological polar surface area (TPSA) is 54.9 Å². The summed E-state index contributed by atoms with van der Waals surface area (Å²) in [6.07, 6.45) is 0. The molecule has 22 heavy (non-hydrogen) atoms. The number of benzene rings is 2. The Bertz CT molecular complexity index is 829. The van der Waals surface area contributed by atoms with Gasteiger partial charge in [-0.3, -0.25) is 10.1 Å². The van der Waals surface area contributed by atoms with E-state index in [0.29, 0.717) is 15.9 Å². The third-order valence-corrected chi connectivity index (χ3v) is 5.07. The van der Waals surface area contributed by atoms with E-state index in [1.54, 1.807) is 0 Å². The van der Waals surface area contributed by atoms with Crippen LogP contribution in [0.4, 0.5) is 5.13 Å². The van der Waals surface area contributed by atoms with Crippen molar-refractivity contribution >= 4 is 56.5 Å². The van der Waals surface area contributed by atoms with Crippen LogP contribution in [0.3, 0.4) is 0 Å². The Labute approximate surface area is 140 Å². The van der Waals surface area contributed by atoms with Crippen molar-refractivity contribution in [3.8, 4) is 0 Å². The quantitative estimate of drug-likeness (QED) is 0.710. The van der Waals surface area contributed by atoms with Crippen LogP contribution in [0.2, 0.25) is 5.02 Å². The van der Waals surface area contributed by atoms with Crippen molar-refractivity contribution in [3.63, 3.8) is 0 Å². The van der Waals surface area contributed by atoms with Crippen LogP contribution < -0.4 is 5.32 Å². The number of rotatable bonds is 4. The Morgan fingerprint density at radius 1 is 1.27 bits per heavy atom. The third-order valence-electron chi connectivity index (χ3n) is 2.95. The molecule has 0 saturated carbocycles. The SMILES string of the molecule is Cc1nnc(NC(=O)CSc2cccc3cccc(Cl)c23)s1. The standard InChI is InChI=1S/C15H12ClN3OS2/c1-9-18-19-15(22-9)17-13(20)8-21-12-7-3-5-10-4-2-6-11(16)14(10)12/h2-7H,8H2,1H3,(H,17,19,20). The van der Waals surface area contributed by atoms with E-state index in [1.807, 2.05) is 43.3 Å².